The number of aromatic nitrogens is 1. The molecule has 114 valence electrons. The van der Waals surface area contributed by atoms with Gasteiger partial charge in [0.2, 0.25) is 5.91 Å². The van der Waals surface area contributed by atoms with Gasteiger partial charge < -0.3 is 14.5 Å². The van der Waals surface area contributed by atoms with Crippen molar-refractivity contribution in [2.24, 2.45) is 0 Å². The van der Waals surface area contributed by atoms with Crippen LogP contribution >= 0.6 is 11.3 Å². The standard InChI is InChI=1S/C14H19N3O3S/c1-8-13(21-9(2)15-8)14(19)17-5-4-11-10(6-17)16(3)12(18)7-20-11/h10-11H,4-7H2,1-3H3/t10-,11+/m0/s1. The first-order chi connectivity index (χ1) is 9.97. The molecule has 2 aliphatic rings. The zero-order chi connectivity index (χ0) is 15.1. The van der Waals surface area contributed by atoms with Crippen LogP contribution < -0.4 is 0 Å². The molecule has 2 amide bonds. The van der Waals surface area contributed by atoms with E-state index in [0.29, 0.717) is 18.0 Å². The highest BCUT2D eigenvalue weighted by molar-refractivity contribution is 7.13. The Morgan fingerprint density at radius 3 is 2.86 bits per heavy atom. The van der Waals surface area contributed by atoms with Crippen molar-refractivity contribution in [1.29, 1.82) is 0 Å². The van der Waals surface area contributed by atoms with Crippen molar-refractivity contribution in [3.63, 3.8) is 0 Å². The third-order valence-corrected chi connectivity index (χ3v) is 5.28. The fourth-order valence-electron chi connectivity index (χ4n) is 3.00. The van der Waals surface area contributed by atoms with E-state index in [9.17, 15) is 9.59 Å². The molecule has 2 fully saturated rings. The summed E-state index contributed by atoms with van der Waals surface area (Å²) in [6, 6.07) is -0.0433. The number of fused-ring (bicyclic) bond motifs is 1. The summed E-state index contributed by atoms with van der Waals surface area (Å²) in [6.45, 7) is 5.12. The van der Waals surface area contributed by atoms with E-state index in [1.807, 2.05) is 18.7 Å². The molecule has 1 aromatic rings. The van der Waals surface area contributed by atoms with Gasteiger partial charge in [0.25, 0.3) is 5.91 Å². The largest absolute Gasteiger partial charge is 0.366 e. The Morgan fingerprint density at radius 2 is 2.19 bits per heavy atom. The smallest absolute Gasteiger partial charge is 0.265 e. The normalized spacial score (nSPS) is 26.0. The SMILES string of the molecule is Cc1nc(C)c(C(=O)N2CC[C@H]3OCC(=O)N(C)[C@H]3C2)s1. The van der Waals surface area contributed by atoms with E-state index >= 15 is 0 Å². The maximum atomic E-state index is 12.6. The van der Waals surface area contributed by atoms with Gasteiger partial charge in [0.05, 0.1) is 22.8 Å². The van der Waals surface area contributed by atoms with Gasteiger partial charge in [-0.05, 0) is 20.3 Å². The molecular weight excluding hydrogens is 290 g/mol. The Hall–Kier alpha value is -1.47. The molecule has 1 aromatic heterocycles. The lowest BCUT2D eigenvalue weighted by Gasteiger charge is -2.45. The highest BCUT2D eigenvalue weighted by atomic mass is 32.1. The molecule has 0 N–H and O–H groups in total. The second-order valence-electron chi connectivity index (χ2n) is 5.61. The van der Waals surface area contributed by atoms with E-state index in [0.717, 1.165) is 17.1 Å². The minimum Gasteiger partial charge on any atom is -0.366 e. The number of likely N-dealkylation sites (tertiary alicyclic amines) is 1. The highest BCUT2D eigenvalue weighted by Crippen LogP contribution is 2.26. The Kier molecular flexibility index (Phi) is 3.71. The molecule has 0 spiro atoms. The number of rotatable bonds is 1. The second-order valence-corrected chi connectivity index (χ2v) is 6.81. The molecule has 0 bridgehead atoms. The number of nitrogens with zero attached hydrogens (tertiary/aromatic N) is 3. The second kappa shape index (κ2) is 5.38. The van der Waals surface area contributed by atoms with Crippen LogP contribution in [-0.4, -0.2) is 65.5 Å². The average Bonchev–Trinajstić information content (AvgIpc) is 2.81. The van der Waals surface area contributed by atoms with Gasteiger partial charge in [-0.2, -0.15) is 0 Å². The summed E-state index contributed by atoms with van der Waals surface area (Å²) in [7, 11) is 1.79. The van der Waals surface area contributed by atoms with Gasteiger partial charge >= 0.3 is 0 Å². The minimum atomic E-state index is -0.0433. The molecular formula is C14H19N3O3S. The molecule has 0 aromatic carbocycles. The van der Waals surface area contributed by atoms with Gasteiger partial charge in [0.15, 0.2) is 0 Å². The van der Waals surface area contributed by atoms with Crippen molar-refractivity contribution < 1.29 is 14.3 Å². The Morgan fingerprint density at radius 1 is 1.43 bits per heavy atom. The number of thiazole rings is 1. The van der Waals surface area contributed by atoms with Crippen LogP contribution in [0.4, 0.5) is 0 Å². The third-order valence-electron chi connectivity index (χ3n) is 4.22. The van der Waals surface area contributed by atoms with E-state index in [-0.39, 0.29) is 30.6 Å². The molecule has 2 atom stereocenters. The lowest BCUT2D eigenvalue weighted by molar-refractivity contribution is -0.159. The summed E-state index contributed by atoms with van der Waals surface area (Å²) >= 11 is 1.43. The molecule has 0 unspecified atom stereocenters. The van der Waals surface area contributed by atoms with Crippen molar-refractivity contribution in [2.45, 2.75) is 32.4 Å². The first-order valence-electron chi connectivity index (χ1n) is 7.08. The van der Waals surface area contributed by atoms with E-state index < -0.39 is 0 Å². The van der Waals surface area contributed by atoms with Gasteiger partial charge in [-0.15, -0.1) is 11.3 Å². The molecule has 6 nitrogen and oxygen atoms in total. The number of hydrogen-bond donors (Lipinski definition) is 0. The van der Waals surface area contributed by atoms with E-state index in [2.05, 4.69) is 4.98 Å². The van der Waals surface area contributed by atoms with Crippen molar-refractivity contribution in [3.8, 4) is 0 Å². The Balaban J connectivity index is 1.77. The molecule has 7 heteroatoms. The van der Waals surface area contributed by atoms with Gasteiger partial charge in [0, 0.05) is 20.1 Å². The number of amides is 2. The number of morpholine rings is 1. The summed E-state index contributed by atoms with van der Waals surface area (Å²) in [6.07, 6.45) is 0.811. The molecule has 3 heterocycles. The van der Waals surface area contributed by atoms with Gasteiger partial charge in [0.1, 0.15) is 11.5 Å². The van der Waals surface area contributed by atoms with Crippen LogP contribution in [0.2, 0.25) is 0 Å². The summed E-state index contributed by atoms with van der Waals surface area (Å²) in [5, 5.41) is 0.902. The molecule has 0 saturated carbocycles. The number of hydrogen-bond acceptors (Lipinski definition) is 5. The lowest BCUT2D eigenvalue weighted by Crippen LogP contribution is -2.61. The number of likely N-dealkylation sites (N-methyl/N-ethyl adjacent to an activating group) is 1. The number of carbonyl (C=O) groups excluding carboxylic acids is 2. The van der Waals surface area contributed by atoms with Crippen molar-refractivity contribution in [1.82, 2.24) is 14.8 Å². The minimum absolute atomic E-state index is 0.0166. The van der Waals surface area contributed by atoms with Crippen LogP contribution in [0.25, 0.3) is 0 Å². The zero-order valence-corrected chi connectivity index (χ0v) is 13.3. The van der Waals surface area contributed by atoms with Gasteiger partial charge in [-0.1, -0.05) is 0 Å². The Bertz CT molecular complexity index is 586. The maximum Gasteiger partial charge on any atom is 0.265 e. The number of ether oxygens (including phenoxy) is 1. The first kappa shape index (κ1) is 14.5. The number of piperidine rings is 1. The predicted octanol–water partition coefficient (Wildman–Crippen LogP) is 0.832. The highest BCUT2D eigenvalue weighted by Gasteiger charge is 2.40. The zero-order valence-electron chi connectivity index (χ0n) is 12.5. The van der Waals surface area contributed by atoms with Crippen LogP contribution in [0.1, 0.15) is 26.8 Å². The van der Waals surface area contributed by atoms with Crippen molar-refractivity contribution >= 4 is 23.2 Å². The van der Waals surface area contributed by atoms with Crippen LogP contribution in [0.5, 0.6) is 0 Å². The predicted molar refractivity (Wildman–Crippen MR) is 78.4 cm³/mol. The van der Waals surface area contributed by atoms with E-state index in [1.165, 1.54) is 11.3 Å². The monoisotopic (exact) mass is 309 g/mol. The number of carbonyl (C=O) groups is 2. The third kappa shape index (κ3) is 2.55. The summed E-state index contributed by atoms with van der Waals surface area (Å²) < 4.78 is 5.59. The van der Waals surface area contributed by atoms with Crippen molar-refractivity contribution in [2.75, 3.05) is 26.7 Å². The topological polar surface area (TPSA) is 62.7 Å². The summed E-state index contributed by atoms with van der Waals surface area (Å²) in [5.41, 5.74) is 0.786. The van der Waals surface area contributed by atoms with Gasteiger partial charge in [-0.3, -0.25) is 9.59 Å². The quantitative estimate of drug-likeness (QED) is 0.771. The van der Waals surface area contributed by atoms with Crippen LogP contribution in [-0.2, 0) is 9.53 Å². The fourth-order valence-corrected chi connectivity index (χ4v) is 3.89. The number of aryl methyl sites for hydroxylation is 2. The molecule has 0 radical (unpaired) electrons. The maximum absolute atomic E-state index is 12.6. The molecule has 2 aliphatic heterocycles. The van der Waals surface area contributed by atoms with Crippen molar-refractivity contribution in [3.05, 3.63) is 15.6 Å². The van der Waals surface area contributed by atoms with Crippen LogP contribution in [0.15, 0.2) is 0 Å². The van der Waals surface area contributed by atoms with E-state index in [1.54, 1.807) is 11.9 Å². The molecule has 0 aliphatic carbocycles. The average molecular weight is 309 g/mol. The fraction of sp³-hybridized carbons (Fsp3) is 0.643. The Labute approximate surface area is 127 Å². The molecule has 3 rings (SSSR count). The summed E-state index contributed by atoms with van der Waals surface area (Å²) in [4.78, 5) is 33.0. The summed E-state index contributed by atoms with van der Waals surface area (Å²) in [5.74, 6) is -0.00154. The van der Waals surface area contributed by atoms with Crippen LogP contribution in [0.3, 0.4) is 0 Å². The molecule has 21 heavy (non-hydrogen) atoms. The lowest BCUT2D eigenvalue weighted by atomic mass is 9.99. The van der Waals surface area contributed by atoms with E-state index in [4.69, 9.17) is 4.74 Å². The van der Waals surface area contributed by atoms with Crippen LogP contribution in [0, 0.1) is 13.8 Å². The molecule has 2 saturated heterocycles. The van der Waals surface area contributed by atoms with Gasteiger partial charge in [-0.25, -0.2) is 4.98 Å². The first-order valence-corrected chi connectivity index (χ1v) is 7.89.